The molecule has 74 valence electrons. The fourth-order valence-corrected chi connectivity index (χ4v) is 1.93. The van der Waals surface area contributed by atoms with Crippen molar-refractivity contribution in [2.24, 2.45) is 0 Å². The van der Waals surface area contributed by atoms with Crippen LogP contribution in [0, 0.1) is 5.82 Å². The number of ether oxygens (including phenoxy) is 1. The molecule has 0 N–H and O–H groups in total. The fourth-order valence-electron chi connectivity index (χ4n) is 1.56. The number of rotatable bonds is 0. The molecular formula is C10H8BrFO2. The van der Waals surface area contributed by atoms with Gasteiger partial charge in [-0.2, -0.15) is 0 Å². The summed E-state index contributed by atoms with van der Waals surface area (Å²) in [6, 6.07) is 3.10. The summed E-state index contributed by atoms with van der Waals surface area (Å²) >= 11 is 3.09. The highest BCUT2D eigenvalue weighted by Crippen LogP contribution is 2.27. The van der Waals surface area contributed by atoms with Crippen molar-refractivity contribution in [2.75, 3.05) is 0 Å². The second kappa shape index (κ2) is 3.35. The van der Waals surface area contributed by atoms with E-state index in [4.69, 9.17) is 4.74 Å². The molecule has 1 aromatic rings. The summed E-state index contributed by atoms with van der Waals surface area (Å²) in [5.41, 5.74) is 0.784. The Bertz CT molecular complexity index is 403. The largest absolute Gasteiger partial charge is 0.459 e. The number of carbonyl (C=O) groups excluding carboxylic acids is 1. The highest BCUT2D eigenvalue weighted by Gasteiger charge is 2.26. The minimum Gasteiger partial charge on any atom is -0.459 e. The topological polar surface area (TPSA) is 26.3 Å². The molecule has 0 saturated heterocycles. The Hall–Kier alpha value is -0.900. The predicted octanol–water partition coefficient (Wildman–Crippen LogP) is 2.69. The van der Waals surface area contributed by atoms with Gasteiger partial charge in [-0.1, -0.05) is 0 Å². The van der Waals surface area contributed by atoms with Gasteiger partial charge >= 0.3 is 5.97 Å². The number of halogens is 2. The molecular weight excluding hydrogens is 251 g/mol. The van der Waals surface area contributed by atoms with Crippen molar-refractivity contribution in [1.29, 1.82) is 0 Å². The van der Waals surface area contributed by atoms with Crippen LogP contribution in [0.1, 0.15) is 22.8 Å². The zero-order chi connectivity index (χ0) is 10.3. The minimum absolute atomic E-state index is 0.251. The van der Waals surface area contributed by atoms with Crippen molar-refractivity contribution in [1.82, 2.24) is 0 Å². The number of carbonyl (C=O) groups is 1. The molecule has 0 unspecified atom stereocenters. The van der Waals surface area contributed by atoms with Crippen LogP contribution in [0.2, 0.25) is 0 Å². The van der Waals surface area contributed by atoms with Gasteiger partial charge in [0.25, 0.3) is 0 Å². The number of cyclic esters (lactones) is 1. The predicted molar refractivity (Wildman–Crippen MR) is 52.7 cm³/mol. The van der Waals surface area contributed by atoms with E-state index < -0.39 is 5.97 Å². The molecule has 1 heterocycles. The Kier molecular flexibility index (Phi) is 2.31. The monoisotopic (exact) mass is 258 g/mol. The smallest absolute Gasteiger partial charge is 0.338 e. The molecule has 0 saturated carbocycles. The zero-order valence-corrected chi connectivity index (χ0v) is 9.10. The number of hydrogen-bond acceptors (Lipinski definition) is 2. The summed E-state index contributed by atoms with van der Waals surface area (Å²) in [5, 5.41) is 0. The van der Waals surface area contributed by atoms with Gasteiger partial charge in [0.2, 0.25) is 0 Å². The van der Waals surface area contributed by atoms with Gasteiger partial charge in [-0.15, -0.1) is 0 Å². The van der Waals surface area contributed by atoms with Crippen molar-refractivity contribution in [3.05, 3.63) is 33.5 Å². The second-order valence-electron chi connectivity index (χ2n) is 3.31. The summed E-state index contributed by atoms with van der Waals surface area (Å²) in [4.78, 5) is 11.4. The third kappa shape index (κ3) is 1.43. The minimum atomic E-state index is -0.440. The summed E-state index contributed by atoms with van der Waals surface area (Å²) in [6.45, 7) is 1.75. The molecule has 2 nitrogen and oxygen atoms in total. The highest BCUT2D eigenvalue weighted by molar-refractivity contribution is 9.10. The lowest BCUT2D eigenvalue weighted by Gasteiger charge is -2.22. The number of hydrogen-bond donors (Lipinski definition) is 0. The van der Waals surface area contributed by atoms with Gasteiger partial charge < -0.3 is 4.74 Å². The SMILES string of the molecule is C[C@@H]1Cc2c(ccc(Br)c2F)C(=O)O1. The first-order chi connectivity index (χ1) is 6.59. The Morgan fingerprint density at radius 1 is 1.57 bits per heavy atom. The highest BCUT2D eigenvalue weighted by atomic mass is 79.9. The molecule has 0 radical (unpaired) electrons. The van der Waals surface area contributed by atoms with Crippen LogP contribution in [0.4, 0.5) is 4.39 Å². The maximum Gasteiger partial charge on any atom is 0.338 e. The maximum absolute atomic E-state index is 13.6. The van der Waals surface area contributed by atoms with Crippen LogP contribution in [-0.4, -0.2) is 12.1 Å². The van der Waals surface area contributed by atoms with E-state index in [9.17, 15) is 9.18 Å². The summed E-state index contributed by atoms with van der Waals surface area (Å²) in [6.07, 6.45) is 0.186. The second-order valence-corrected chi connectivity index (χ2v) is 4.16. The normalized spacial score (nSPS) is 20.2. The van der Waals surface area contributed by atoms with Gasteiger partial charge in [0, 0.05) is 12.0 Å². The van der Waals surface area contributed by atoms with Gasteiger partial charge in [0.05, 0.1) is 10.0 Å². The molecule has 4 heteroatoms. The quantitative estimate of drug-likeness (QED) is 0.669. The van der Waals surface area contributed by atoms with E-state index in [1.807, 2.05) is 0 Å². The van der Waals surface area contributed by atoms with Crippen molar-refractivity contribution in [3.63, 3.8) is 0 Å². The van der Waals surface area contributed by atoms with Crippen LogP contribution in [0.25, 0.3) is 0 Å². The molecule has 0 aromatic heterocycles. The molecule has 0 aliphatic carbocycles. The third-order valence-electron chi connectivity index (χ3n) is 2.22. The first kappa shape index (κ1) is 9.65. The molecule has 0 spiro atoms. The van der Waals surface area contributed by atoms with Crippen molar-refractivity contribution in [2.45, 2.75) is 19.4 Å². The Morgan fingerprint density at radius 2 is 2.29 bits per heavy atom. The lowest BCUT2D eigenvalue weighted by Crippen LogP contribution is -2.26. The average molecular weight is 259 g/mol. The van der Waals surface area contributed by atoms with Crippen molar-refractivity contribution >= 4 is 21.9 Å². The molecule has 0 bridgehead atoms. The van der Waals surface area contributed by atoms with Gasteiger partial charge in [-0.25, -0.2) is 9.18 Å². The Labute approximate surface area is 89.2 Å². The molecule has 0 fully saturated rings. The molecule has 0 amide bonds. The molecule has 1 atom stereocenters. The van der Waals surface area contributed by atoms with Crippen molar-refractivity contribution < 1.29 is 13.9 Å². The van der Waals surface area contributed by atoms with Crippen LogP contribution in [0.5, 0.6) is 0 Å². The molecule has 2 rings (SSSR count). The molecule has 14 heavy (non-hydrogen) atoms. The summed E-state index contributed by atoms with van der Waals surface area (Å²) in [5.74, 6) is -0.795. The van der Waals surface area contributed by atoms with E-state index in [1.54, 1.807) is 13.0 Å². The van der Waals surface area contributed by atoms with E-state index in [2.05, 4.69) is 15.9 Å². The van der Waals surface area contributed by atoms with Gasteiger partial charge in [-0.3, -0.25) is 0 Å². The van der Waals surface area contributed by atoms with Gasteiger partial charge in [-0.05, 0) is 35.0 Å². The van der Waals surface area contributed by atoms with E-state index in [0.29, 0.717) is 22.0 Å². The lowest BCUT2D eigenvalue weighted by molar-refractivity contribution is 0.0297. The van der Waals surface area contributed by atoms with Crippen LogP contribution in [0.15, 0.2) is 16.6 Å². The molecule has 1 aliphatic rings. The number of benzene rings is 1. The Balaban J connectivity index is 2.59. The van der Waals surface area contributed by atoms with Crippen LogP contribution >= 0.6 is 15.9 Å². The van der Waals surface area contributed by atoms with Crippen LogP contribution in [0.3, 0.4) is 0 Å². The lowest BCUT2D eigenvalue weighted by atomic mass is 9.99. The van der Waals surface area contributed by atoms with Gasteiger partial charge in [0.15, 0.2) is 0 Å². The van der Waals surface area contributed by atoms with E-state index in [0.717, 1.165) is 0 Å². The summed E-state index contributed by atoms with van der Waals surface area (Å²) in [7, 11) is 0. The van der Waals surface area contributed by atoms with Crippen LogP contribution < -0.4 is 0 Å². The molecule has 1 aromatic carbocycles. The van der Waals surface area contributed by atoms with Crippen LogP contribution in [-0.2, 0) is 11.2 Å². The molecule has 1 aliphatic heterocycles. The van der Waals surface area contributed by atoms with Crippen molar-refractivity contribution in [3.8, 4) is 0 Å². The van der Waals surface area contributed by atoms with Gasteiger partial charge in [0.1, 0.15) is 11.9 Å². The third-order valence-corrected chi connectivity index (χ3v) is 2.83. The summed E-state index contributed by atoms with van der Waals surface area (Å²) < 4.78 is 18.9. The first-order valence-electron chi connectivity index (χ1n) is 4.27. The fraction of sp³-hybridized carbons (Fsp3) is 0.300. The first-order valence-corrected chi connectivity index (χ1v) is 5.06. The number of fused-ring (bicyclic) bond motifs is 1. The average Bonchev–Trinajstić information content (AvgIpc) is 2.12. The standard InChI is InChI=1S/C10H8BrFO2/c1-5-4-7-6(10(13)14-5)2-3-8(11)9(7)12/h2-3,5H,4H2,1H3/t5-/m1/s1. The van der Waals surface area contributed by atoms with E-state index in [-0.39, 0.29) is 11.9 Å². The van der Waals surface area contributed by atoms with E-state index in [1.165, 1.54) is 6.07 Å². The maximum atomic E-state index is 13.6. The number of esters is 1. The zero-order valence-electron chi connectivity index (χ0n) is 7.51. The van der Waals surface area contributed by atoms with E-state index >= 15 is 0 Å². The Morgan fingerprint density at radius 3 is 3.00 bits per heavy atom.